The molecular formula is C19H15FN4S. The summed E-state index contributed by atoms with van der Waals surface area (Å²) in [5.74, 6) is -0.268. The summed E-state index contributed by atoms with van der Waals surface area (Å²) in [4.78, 5) is 13.1. The lowest BCUT2D eigenvalue weighted by atomic mass is 10.1. The second-order valence-electron chi connectivity index (χ2n) is 5.69. The minimum atomic E-state index is -0.268. The molecule has 0 unspecified atom stereocenters. The first kappa shape index (κ1) is 15.7. The monoisotopic (exact) mass is 350 g/mol. The molecule has 0 spiro atoms. The molecule has 1 N–H and O–H groups in total. The van der Waals surface area contributed by atoms with Crippen molar-refractivity contribution in [1.82, 2.24) is 15.0 Å². The number of fused-ring (bicyclic) bond motifs is 1. The Bertz CT molecular complexity index is 1030. The van der Waals surface area contributed by atoms with Gasteiger partial charge in [0.05, 0.1) is 17.8 Å². The van der Waals surface area contributed by atoms with Gasteiger partial charge in [-0.05, 0) is 43.3 Å². The zero-order valence-corrected chi connectivity index (χ0v) is 14.3. The van der Waals surface area contributed by atoms with Crippen LogP contribution in [0.3, 0.4) is 0 Å². The van der Waals surface area contributed by atoms with Crippen molar-refractivity contribution in [3.8, 4) is 11.3 Å². The average Bonchev–Trinajstić information content (AvgIpc) is 3.10. The van der Waals surface area contributed by atoms with E-state index in [4.69, 9.17) is 0 Å². The van der Waals surface area contributed by atoms with E-state index in [2.05, 4.69) is 20.3 Å². The summed E-state index contributed by atoms with van der Waals surface area (Å²) in [6.07, 6.45) is 3.51. The standard InChI is InChI=1S/C19H15FN4S/c1-12-8-17(15-9-14(20)2-3-16(15)23-12)22-10-19-24-18(11-25-19)13-4-6-21-7-5-13/h2-9,11H,10H2,1H3,(H,22,23). The van der Waals surface area contributed by atoms with Gasteiger partial charge in [-0.15, -0.1) is 11.3 Å². The van der Waals surface area contributed by atoms with Crippen molar-refractivity contribution in [2.45, 2.75) is 13.5 Å². The zero-order valence-electron chi connectivity index (χ0n) is 13.5. The van der Waals surface area contributed by atoms with E-state index >= 15 is 0 Å². The summed E-state index contributed by atoms with van der Waals surface area (Å²) in [5.41, 5.74) is 4.51. The van der Waals surface area contributed by atoms with Crippen molar-refractivity contribution in [3.05, 3.63) is 70.7 Å². The van der Waals surface area contributed by atoms with Crippen molar-refractivity contribution in [2.24, 2.45) is 0 Å². The van der Waals surface area contributed by atoms with Crippen LogP contribution in [0, 0.1) is 12.7 Å². The van der Waals surface area contributed by atoms with E-state index in [1.54, 1.807) is 29.8 Å². The molecule has 4 rings (SSSR count). The van der Waals surface area contributed by atoms with Crippen molar-refractivity contribution in [1.29, 1.82) is 0 Å². The minimum absolute atomic E-state index is 0.268. The number of halogens is 1. The number of nitrogens with zero attached hydrogens (tertiary/aromatic N) is 3. The third-order valence-electron chi connectivity index (χ3n) is 3.86. The predicted molar refractivity (Wildman–Crippen MR) is 99.1 cm³/mol. The van der Waals surface area contributed by atoms with E-state index in [0.717, 1.165) is 38.5 Å². The molecule has 0 saturated carbocycles. The van der Waals surface area contributed by atoms with E-state index < -0.39 is 0 Å². The van der Waals surface area contributed by atoms with Gasteiger partial charge in [0.15, 0.2) is 0 Å². The lowest BCUT2D eigenvalue weighted by molar-refractivity contribution is 0.629. The predicted octanol–water partition coefficient (Wildman–Crippen LogP) is 4.81. The lowest BCUT2D eigenvalue weighted by Gasteiger charge is -2.09. The number of thiazole rings is 1. The average molecular weight is 350 g/mol. The van der Waals surface area contributed by atoms with Gasteiger partial charge in [-0.1, -0.05) is 0 Å². The van der Waals surface area contributed by atoms with E-state index in [1.807, 2.05) is 30.5 Å². The number of hydrogen-bond donors (Lipinski definition) is 1. The van der Waals surface area contributed by atoms with Gasteiger partial charge in [-0.3, -0.25) is 9.97 Å². The fourth-order valence-electron chi connectivity index (χ4n) is 2.69. The summed E-state index contributed by atoms with van der Waals surface area (Å²) < 4.78 is 13.6. The first-order chi connectivity index (χ1) is 12.2. The molecule has 0 saturated heterocycles. The molecular weight excluding hydrogens is 335 g/mol. The van der Waals surface area contributed by atoms with Crippen molar-refractivity contribution >= 4 is 27.9 Å². The highest BCUT2D eigenvalue weighted by molar-refractivity contribution is 7.10. The molecule has 0 radical (unpaired) electrons. The molecule has 3 heterocycles. The number of rotatable bonds is 4. The fourth-order valence-corrected chi connectivity index (χ4v) is 3.44. The van der Waals surface area contributed by atoms with Gasteiger partial charge in [0.1, 0.15) is 10.8 Å². The Balaban J connectivity index is 1.59. The molecule has 0 aliphatic heterocycles. The van der Waals surface area contributed by atoms with Crippen LogP contribution >= 0.6 is 11.3 Å². The second kappa shape index (κ2) is 6.57. The SMILES string of the molecule is Cc1cc(NCc2nc(-c3ccncc3)cs2)c2cc(F)ccc2n1. The first-order valence-corrected chi connectivity index (χ1v) is 8.72. The van der Waals surface area contributed by atoms with E-state index in [1.165, 1.54) is 12.1 Å². The van der Waals surface area contributed by atoms with Crippen LogP contribution in [0.5, 0.6) is 0 Å². The highest BCUT2D eigenvalue weighted by atomic mass is 32.1. The molecule has 0 aliphatic rings. The van der Waals surface area contributed by atoms with Crippen LogP contribution in [0.1, 0.15) is 10.7 Å². The summed E-state index contributed by atoms with van der Waals surface area (Å²) in [6, 6.07) is 10.4. The van der Waals surface area contributed by atoms with Gasteiger partial charge >= 0.3 is 0 Å². The highest BCUT2D eigenvalue weighted by Gasteiger charge is 2.08. The van der Waals surface area contributed by atoms with Crippen molar-refractivity contribution in [2.75, 3.05) is 5.32 Å². The number of hydrogen-bond acceptors (Lipinski definition) is 5. The summed E-state index contributed by atoms with van der Waals surface area (Å²) >= 11 is 1.59. The Labute approximate surface area is 148 Å². The molecule has 0 aliphatic carbocycles. The van der Waals surface area contributed by atoms with Crippen LogP contribution < -0.4 is 5.32 Å². The Morgan fingerprint density at radius 2 is 1.92 bits per heavy atom. The molecule has 1 aromatic carbocycles. The Morgan fingerprint density at radius 1 is 1.08 bits per heavy atom. The van der Waals surface area contributed by atoms with Crippen LogP contribution in [-0.2, 0) is 6.54 Å². The molecule has 25 heavy (non-hydrogen) atoms. The van der Waals surface area contributed by atoms with E-state index in [9.17, 15) is 4.39 Å². The van der Waals surface area contributed by atoms with Gasteiger partial charge in [0, 0.05) is 40.1 Å². The van der Waals surface area contributed by atoms with Crippen molar-refractivity contribution < 1.29 is 4.39 Å². The molecule has 4 nitrogen and oxygen atoms in total. The lowest BCUT2D eigenvalue weighted by Crippen LogP contribution is -2.01. The smallest absolute Gasteiger partial charge is 0.124 e. The van der Waals surface area contributed by atoms with Gasteiger partial charge in [-0.2, -0.15) is 0 Å². The Hall–Kier alpha value is -2.86. The molecule has 3 aromatic heterocycles. The second-order valence-corrected chi connectivity index (χ2v) is 6.63. The molecule has 0 fully saturated rings. The van der Waals surface area contributed by atoms with Crippen LogP contribution in [0.25, 0.3) is 22.2 Å². The molecule has 4 aromatic rings. The van der Waals surface area contributed by atoms with Gasteiger partial charge in [-0.25, -0.2) is 9.37 Å². The Kier molecular flexibility index (Phi) is 4.11. The molecule has 0 amide bonds. The maximum absolute atomic E-state index is 13.6. The fraction of sp³-hybridized carbons (Fsp3) is 0.105. The summed E-state index contributed by atoms with van der Waals surface area (Å²) in [7, 11) is 0. The van der Waals surface area contributed by atoms with Crippen LogP contribution in [0.2, 0.25) is 0 Å². The number of pyridine rings is 2. The topological polar surface area (TPSA) is 50.7 Å². The van der Waals surface area contributed by atoms with Gasteiger partial charge in [0.25, 0.3) is 0 Å². The van der Waals surface area contributed by atoms with E-state index in [-0.39, 0.29) is 5.82 Å². The molecule has 0 bridgehead atoms. The largest absolute Gasteiger partial charge is 0.378 e. The number of nitrogens with one attached hydrogen (secondary N) is 1. The number of aryl methyl sites for hydroxylation is 1. The number of aromatic nitrogens is 3. The van der Waals surface area contributed by atoms with E-state index in [0.29, 0.717) is 6.54 Å². The summed E-state index contributed by atoms with van der Waals surface area (Å²) in [5, 5.41) is 7.13. The molecule has 6 heteroatoms. The number of anilines is 1. The van der Waals surface area contributed by atoms with Crippen LogP contribution in [-0.4, -0.2) is 15.0 Å². The van der Waals surface area contributed by atoms with Crippen LogP contribution in [0.4, 0.5) is 10.1 Å². The highest BCUT2D eigenvalue weighted by Crippen LogP contribution is 2.26. The maximum Gasteiger partial charge on any atom is 0.124 e. The van der Waals surface area contributed by atoms with Gasteiger partial charge < -0.3 is 5.32 Å². The summed E-state index contributed by atoms with van der Waals surface area (Å²) in [6.45, 7) is 2.50. The normalized spacial score (nSPS) is 11.0. The van der Waals surface area contributed by atoms with Crippen LogP contribution in [0.15, 0.2) is 54.2 Å². The van der Waals surface area contributed by atoms with Gasteiger partial charge in [0.2, 0.25) is 0 Å². The molecule has 0 atom stereocenters. The van der Waals surface area contributed by atoms with Crippen molar-refractivity contribution in [3.63, 3.8) is 0 Å². The zero-order chi connectivity index (χ0) is 17.2. The maximum atomic E-state index is 13.6. The molecule has 124 valence electrons. The Morgan fingerprint density at radius 3 is 2.76 bits per heavy atom. The quantitative estimate of drug-likeness (QED) is 0.574. The third-order valence-corrected chi connectivity index (χ3v) is 4.71. The third kappa shape index (κ3) is 3.34. The minimum Gasteiger partial charge on any atom is -0.378 e. The first-order valence-electron chi connectivity index (χ1n) is 7.84. The number of benzene rings is 1.